The second kappa shape index (κ2) is 11.2. The Morgan fingerprint density at radius 2 is 1.84 bits per heavy atom. The number of hydrogen-bond acceptors (Lipinski definition) is 7. The van der Waals surface area contributed by atoms with E-state index in [2.05, 4.69) is 20.5 Å². The van der Waals surface area contributed by atoms with E-state index in [0.29, 0.717) is 22.8 Å². The molecule has 1 atom stereocenters. The fourth-order valence-corrected chi connectivity index (χ4v) is 3.89. The third-order valence-corrected chi connectivity index (χ3v) is 5.84. The van der Waals surface area contributed by atoms with E-state index in [1.807, 2.05) is 0 Å². The van der Waals surface area contributed by atoms with Crippen LogP contribution in [0.25, 0.3) is 5.70 Å². The topological polar surface area (TPSA) is 90.9 Å². The Kier molecular flexibility index (Phi) is 8.01. The third kappa shape index (κ3) is 6.40. The molecule has 2 heterocycles. The Morgan fingerprint density at radius 3 is 2.49 bits per heavy atom. The van der Waals surface area contributed by atoms with Gasteiger partial charge in [-0.15, -0.1) is 0 Å². The summed E-state index contributed by atoms with van der Waals surface area (Å²) in [6, 6.07) is 10.8. The molecule has 8 nitrogen and oxygen atoms in total. The zero-order valence-electron chi connectivity index (χ0n) is 19.6. The molecule has 0 aliphatic carbocycles. The number of carbonyl (C=O) groups excluding carboxylic acids is 1. The molecule has 1 amide bonds. The molecule has 4 rings (SSSR count). The molecule has 12 heteroatoms. The van der Waals surface area contributed by atoms with Gasteiger partial charge in [0.15, 0.2) is 11.5 Å². The lowest BCUT2D eigenvalue weighted by Gasteiger charge is -2.21. The van der Waals surface area contributed by atoms with Gasteiger partial charge in [0.25, 0.3) is 5.91 Å². The summed E-state index contributed by atoms with van der Waals surface area (Å²) in [5.74, 6) is 0.301. The summed E-state index contributed by atoms with van der Waals surface area (Å²) in [4.78, 5) is 22.4. The van der Waals surface area contributed by atoms with Crippen LogP contribution in [0, 0.1) is 0 Å². The van der Waals surface area contributed by atoms with Crippen LogP contribution in [0.2, 0.25) is 10.0 Å². The summed E-state index contributed by atoms with van der Waals surface area (Å²) in [5, 5.41) is 3.06. The largest absolute Gasteiger partial charge is 0.493 e. The van der Waals surface area contributed by atoms with E-state index in [0.717, 1.165) is 0 Å². The molecule has 0 saturated heterocycles. The second-order valence-electron chi connectivity index (χ2n) is 8.06. The van der Waals surface area contributed by atoms with Gasteiger partial charge in [-0.1, -0.05) is 23.2 Å². The smallest absolute Gasteiger partial charge is 0.387 e. The molecule has 2 aromatic carbocycles. The predicted octanol–water partition coefficient (Wildman–Crippen LogP) is 5.96. The molecular formula is C25H21Cl2F2N3O5. The van der Waals surface area contributed by atoms with Gasteiger partial charge in [0, 0.05) is 18.0 Å². The van der Waals surface area contributed by atoms with Crippen molar-refractivity contribution in [2.24, 2.45) is 0 Å². The lowest BCUT2D eigenvalue weighted by atomic mass is 10.0. The van der Waals surface area contributed by atoms with E-state index in [1.54, 1.807) is 37.3 Å². The fraction of sp³-hybridized carbons (Fsp3) is 0.200. The predicted molar refractivity (Wildman–Crippen MR) is 134 cm³/mol. The minimum absolute atomic E-state index is 0.0499. The fourth-order valence-electron chi connectivity index (χ4n) is 3.43. The van der Waals surface area contributed by atoms with Crippen LogP contribution in [0.1, 0.15) is 22.8 Å². The van der Waals surface area contributed by atoms with Crippen LogP contribution in [0.15, 0.2) is 60.9 Å². The van der Waals surface area contributed by atoms with Gasteiger partial charge >= 0.3 is 6.61 Å². The zero-order valence-corrected chi connectivity index (χ0v) is 21.1. The monoisotopic (exact) mass is 551 g/mol. The first-order chi connectivity index (χ1) is 17.7. The molecule has 0 saturated carbocycles. The first kappa shape index (κ1) is 26.5. The van der Waals surface area contributed by atoms with E-state index < -0.39 is 18.1 Å². The highest BCUT2D eigenvalue weighted by molar-refractivity contribution is 6.39. The normalized spacial score (nSPS) is 16.7. The molecule has 0 fully saturated rings. The van der Waals surface area contributed by atoms with Crippen molar-refractivity contribution in [2.45, 2.75) is 19.1 Å². The minimum Gasteiger partial charge on any atom is -0.493 e. The van der Waals surface area contributed by atoms with Gasteiger partial charge in [0.2, 0.25) is 0 Å². The zero-order chi connectivity index (χ0) is 26.6. The van der Waals surface area contributed by atoms with Crippen LogP contribution in [0.5, 0.6) is 17.2 Å². The number of aromatic nitrogens is 1. The maximum Gasteiger partial charge on any atom is 0.387 e. The Hall–Kier alpha value is -3.60. The lowest BCUT2D eigenvalue weighted by molar-refractivity contribution is -0.0499. The van der Waals surface area contributed by atoms with E-state index >= 15 is 0 Å². The number of hydroxylamine groups is 1. The first-order valence-electron chi connectivity index (χ1n) is 10.8. The molecule has 3 aromatic rings. The molecule has 0 radical (unpaired) electrons. The molecule has 1 aliphatic rings. The van der Waals surface area contributed by atoms with Crippen molar-refractivity contribution >= 4 is 40.5 Å². The van der Waals surface area contributed by atoms with Crippen LogP contribution in [-0.4, -0.2) is 36.8 Å². The van der Waals surface area contributed by atoms with Crippen molar-refractivity contribution in [3.05, 3.63) is 82.1 Å². The van der Waals surface area contributed by atoms with Gasteiger partial charge in [0.05, 0.1) is 28.5 Å². The number of rotatable bonds is 9. The average molecular weight is 552 g/mol. The van der Waals surface area contributed by atoms with Gasteiger partial charge in [0.1, 0.15) is 18.0 Å². The average Bonchev–Trinajstić information content (AvgIpc) is 3.27. The number of methoxy groups -OCH3 is 1. The number of alkyl halides is 2. The Bertz CT molecular complexity index is 1300. The van der Waals surface area contributed by atoms with Gasteiger partial charge in [-0.2, -0.15) is 8.78 Å². The van der Waals surface area contributed by atoms with Crippen LogP contribution in [-0.2, 0) is 4.84 Å². The van der Waals surface area contributed by atoms with Crippen molar-refractivity contribution in [1.82, 2.24) is 10.5 Å². The number of halogens is 4. The minimum atomic E-state index is -2.90. The summed E-state index contributed by atoms with van der Waals surface area (Å²) in [5.41, 5.74) is 3.78. The number of nitrogens with one attached hydrogen (secondary N) is 2. The number of benzene rings is 2. The molecule has 37 heavy (non-hydrogen) atoms. The maximum atomic E-state index is 12.8. The number of anilines is 1. The first-order valence-corrected chi connectivity index (χ1v) is 11.6. The number of carbonyl (C=O) groups is 1. The van der Waals surface area contributed by atoms with Crippen molar-refractivity contribution in [2.75, 3.05) is 19.0 Å². The van der Waals surface area contributed by atoms with E-state index in [4.69, 9.17) is 37.5 Å². The van der Waals surface area contributed by atoms with Gasteiger partial charge in [-0.3, -0.25) is 20.1 Å². The summed E-state index contributed by atoms with van der Waals surface area (Å²) < 4.78 is 40.5. The van der Waals surface area contributed by atoms with Crippen molar-refractivity contribution in [3.63, 3.8) is 0 Å². The number of ether oxygens (including phenoxy) is 3. The van der Waals surface area contributed by atoms with Gasteiger partial charge < -0.3 is 19.5 Å². The maximum absolute atomic E-state index is 12.8. The van der Waals surface area contributed by atoms with E-state index in [-0.39, 0.29) is 33.7 Å². The SMILES string of the molecule is COc1ccc(C(=O)Nc2c(Cl)cncc2Cl)cc1OCC1(C)C=C(c2ccc(OC(F)F)cc2)NO1. The summed E-state index contributed by atoms with van der Waals surface area (Å²) >= 11 is 12.2. The summed E-state index contributed by atoms with van der Waals surface area (Å²) in [6.45, 7) is -1.05. The number of hydrogen-bond donors (Lipinski definition) is 2. The highest BCUT2D eigenvalue weighted by Gasteiger charge is 2.32. The van der Waals surface area contributed by atoms with Crippen LogP contribution in [0.3, 0.4) is 0 Å². The van der Waals surface area contributed by atoms with Crippen LogP contribution < -0.4 is 25.0 Å². The van der Waals surface area contributed by atoms with Crippen molar-refractivity contribution < 1.29 is 32.6 Å². The summed E-state index contributed by atoms with van der Waals surface area (Å²) in [6.07, 6.45) is 4.54. The van der Waals surface area contributed by atoms with E-state index in [9.17, 15) is 13.6 Å². The molecule has 1 aromatic heterocycles. The number of nitrogens with zero attached hydrogens (tertiary/aromatic N) is 1. The van der Waals surface area contributed by atoms with Crippen molar-refractivity contribution in [3.8, 4) is 17.2 Å². The summed E-state index contributed by atoms with van der Waals surface area (Å²) in [7, 11) is 1.48. The Balaban J connectivity index is 1.47. The van der Waals surface area contributed by atoms with Crippen molar-refractivity contribution in [1.29, 1.82) is 0 Å². The van der Waals surface area contributed by atoms with Crippen LogP contribution in [0.4, 0.5) is 14.5 Å². The Labute approximate surface area is 221 Å². The quantitative estimate of drug-likeness (QED) is 0.338. The van der Waals surface area contributed by atoms with Gasteiger partial charge in [-0.05, 0) is 61.0 Å². The molecule has 2 N–H and O–H groups in total. The van der Waals surface area contributed by atoms with E-state index in [1.165, 1.54) is 37.7 Å². The second-order valence-corrected chi connectivity index (χ2v) is 8.88. The standard InChI is InChI=1S/C25H21Cl2F2N3O5/c1-25(10-19(32-37-25)14-3-6-16(7-4-14)36-24(28)29)13-35-21-9-15(5-8-20(21)34-2)23(33)31-22-17(26)11-30-12-18(22)27/h3-12,24,32H,13H2,1-2H3,(H,30,31,33). The molecular weight excluding hydrogens is 531 g/mol. The third-order valence-electron chi connectivity index (χ3n) is 5.27. The van der Waals surface area contributed by atoms with Gasteiger partial charge in [-0.25, -0.2) is 0 Å². The highest BCUT2D eigenvalue weighted by Crippen LogP contribution is 2.33. The highest BCUT2D eigenvalue weighted by atomic mass is 35.5. The molecule has 1 aliphatic heterocycles. The molecule has 1 unspecified atom stereocenters. The Morgan fingerprint density at radius 1 is 1.14 bits per heavy atom. The number of amides is 1. The molecule has 0 spiro atoms. The lowest BCUT2D eigenvalue weighted by Crippen LogP contribution is -2.33. The number of pyridine rings is 1. The molecule has 194 valence electrons. The van der Waals surface area contributed by atoms with Crippen LogP contribution >= 0.6 is 23.2 Å². The molecule has 0 bridgehead atoms.